The minimum Gasteiger partial charge on any atom is -0.394 e. The van der Waals surface area contributed by atoms with Crippen LogP contribution in [-0.2, 0) is 19.1 Å². The van der Waals surface area contributed by atoms with Gasteiger partial charge < -0.3 is 24.5 Å². The van der Waals surface area contributed by atoms with Gasteiger partial charge in [-0.2, -0.15) is 0 Å². The Labute approximate surface area is 264 Å². The zero-order chi connectivity index (χ0) is 31.6. The Balaban J connectivity index is 1.68. The van der Waals surface area contributed by atoms with Gasteiger partial charge in [-0.05, 0) is 55.5 Å². The summed E-state index contributed by atoms with van der Waals surface area (Å²) in [5, 5.41) is 11.3. The lowest BCUT2D eigenvalue weighted by molar-refractivity contribution is -0.153. The molecule has 0 aromatic heterocycles. The van der Waals surface area contributed by atoms with Crippen LogP contribution in [0.25, 0.3) is 0 Å². The Morgan fingerprint density at radius 1 is 1.07 bits per heavy atom. The lowest BCUT2D eigenvalue weighted by Gasteiger charge is -2.39. The van der Waals surface area contributed by atoms with Crippen molar-refractivity contribution >= 4 is 35.0 Å². The van der Waals surface area contributed by atoms with Gasteiger partial charge in [-0.1, -0.05) is 67.9 Å². The number of ether oxygens (including phenoxy) is 1. The second-order valence-electron chi connectivity index (χ2n) is 12.0. The van der Waals surface area contributed by atoms with Crippen LogP contribution in [0.15, 0.2) is 79.9 Å². The molecular formula is C35H42ClN3O5. The van der Waals surface area contributed by atoms with E-state index in [1.165, 1.54) is 4.90 Å². The normalized spacial score (nSPS) is 27.6. The fourth-order valence-corrected chi connectivity index (χ4v) is 7.94. The van der Waals surface area contributed by atoms with Gasteiger partial charge in [0.15, 0.2) is 0 Å². The first kappa shape index (κ1) is 31.9. The lowest BCUT2D eigenvalue weighted by Crippen LogP contribution is -2.57. The van der Waals surface area contributed by atoms with Gasteiger partial charge in [-0.3, -0.25) is 14.4 Å². The Morgan fingerprint density at radius 2 is 1.75 bits per heavy atom. The molecular weight excluding hydrogens is 578 g/mol. The van der Waals surface area contributed by atoms with Crippen molar-refractivity contribution in [3.63, 3.8) is 0 Å². The van der Waals surface area contributed by atoms with Crippen LogP contribution >= 0.6 is 11.6 Å². The molecule has 44 heavy (non-hydrogen) atoms. The number of anilines is 1. The Kier molecular flexibility index (Phi) is 9.35. The molecule has 3 fully saturated rings. The summed E-state index contributed by atoms with van der Waals surface area (Å²) in [5.41, 5.74) is -0.830. The average Bonchev–Trinajstić information content (AvgIpc) is 3.64. The van der Waals surface area contributed by atoms with E-state index in [-0.39, 0.29) is 24.3 Å². The van der Waals surface area contributed by atoms with Gasteiger partial charge in [0.25, 0.3) is 5.91 Å². The summed E-state index contributed by atoms with van der Waals surface area (Å²) in [6, 6.07) is 14.2. The molecule has 5 rings (SSSR count). The van der Waals surface area contributed by atoms with Gasteiger partial charge in [-0.25, -0.2) is 0 Å². The molecule has 3 saturated heterocycles. The largest absolute Gasteiger partial charge is 0.394 e. The molecule has 1 N–H and O–H groups in total. The van der Waals surface area contributed by atoms with Gasteiger partial charge >= 0.3 is 0 Å². The molecule has 0 aliphatic carbocycles. The molecule has 1 spiro atoms. The number of halogens is 1. The van der Waals surface area contributed by atoms with E-state index in [1.54, 1.807) is 46.2 Å². The maximum Gasteiger partial charge on any atom is 0.253 e. The van der Waals surface area contributed by atoms with Crippen molar-refractivity contribution in [1.82, 2.24) is 9.80 Å². The molecule has 3 aliphatic rings. The molecule has 0 saturated carbocycles. The summed E-state index contributed by atoms with van der Waals surface area (Å²) >= 11 is 6.17. The summed E-state index contributed by atoms with van der Waals surface area (Å²) in [6.07, 6.45) is 5.60. The highest BCUT2D eigenvalue weighted by Crippen LogP contribution is 2.65. The number of hydrogen-bond acceptors (Lipinski definition) is 5. The maximum absolute atomic E-state index is 14.9. The average molecular weight is 620 g/mol. The van der Waals surface area contributed by atoms with Crippen molar-refractivity contribution in [3.8, 4) is 0 Å². The van der Waals surface area contributed by atoms with Gasteiger partial charge in [0.05, 0.1) is 30.1 Å². The number of rotatable bonds is 13. The maximum atomic E-state index is 14.9. The van der Waals surface area contributed by atoms with E-state index in [4.69, 9.17) is 16.3 Å². The topological polar surface area (TPSA) is 90.4 Å². The van der Waals surface area contributed by atoms with Crippen LogP contribution in [0.5, 0.6) is 0 Å². The smallest absolute Gasteiger partial charge is 0.253 e. The number of benzene rings is 2. The highest BCUT2D eigenvalue weighted by molar-refractivity contribution is 6.30. The third-order valence-corrected chi connectivity index (χ3v) is 9.93. The monoisotopic (exact) mass is 619 g/mol. The zero-order valence-electron chi connectivity index (χ0n) is 25.5. The number of hydrogen-bond donors (Lipinski definition) is 1. The van der Waals surface area contributed by atoms with Crippen LogP contribution in [0.3, 0.4) is 0 Å². The number of amides is 3. The molecule has 3 heterocycles. The molecule has 3 amide bonds. The van der Waals surface area contributed by atoms with Crippen LogP contribution in [0, 0.1) is 11.8 Å². The molecule has 6 atom stereocenters. The van der Waals surface area contributed by atoms with Crippen molar-refractivity contribution in [2.24, 2.45) is 11.8 Å². The third-order valence-electron chi connectivity index (χ3n) is 9.68. The third kappa shape index (κ3) is 5.07. The summed E-state index contributed by atoms with van der Waals surface area (Å²) in [7, 11) is 0. The fraction of sp³-hybridized carbons (Fsp3) is 0.457. The molecule has 8 nitrogen and oxygen atoms in total. The Hall–Kier alpha value is -3.46. The van der Waals surface area contributed by atoms with E-state index in [0.717, 1.165) is 6.42 Å². The SMILES string of the molecule is C=CCN(CCC)C(=O)[C@H]1[C@H]2C(=O)N([C@H](CO)c3ccccc3)C(C(=O)N(CC=C)c3ccc(Cl)cc3)C23CC[C@]1(CC)O3. The number of carbonyl (C=O) groups excluding carboxylic acids is 3. The first-order chi connectivity index (χ1) is 21.2. The van der Waals surface area contributed by atoms with Crippen molar-refractivity contribution in [2.45, 2.75) is 62.8 Å². The molecule has 2 bridgehead atoms. The van der Waals surface area contributed by atoms with E-state index in [9.17, 15) is 19.5 Å². The summed E-state index contributed by atoms with van der Waals surface area (Å²) < 4.78 is 7.00. The molecule has 9 heteroatoms. The Morgan fingerprint density at radius 3 is 2.34 bits per heavy atom. The zero-order valence-corrected chi connectivity index (χ0v) is 26.3. The van der Waals surface area contributed by atoms with Gasteiger partial charge in [0.1, 0.15) is 11.6 Å². The van der Waals surface area contributed by atoms with Crippen LogP contribution in [0.2, 0.25) is 5.02 Å². The molecule has 2 aromatic carbocycles. The predicted octanol–water partition coefficient (Wildman–Crippen LogP) is 5.17. The van der Waals surface area contributed by atoms with Gasteiger partial charge in [0.2, 0.25) is 11.8 Å². The number of carbonyl (C=O) groups is 3. The minimum absolute atomic E-state index is 0.150. The molecule has 2 unspecified atom stereocenters. The Bertz CT molecular complexity index is 1400. The lowest BCUT2D eigenvalue weighted by atomic mass is 9.64. The first-order valence-electron chi connectivity index (χ1n) is 15.5. The van der Waals surface area contributed by atoms with Gasteiger partial charge in [-0.15, -0.1) is 13.2 Å². The second-order valence-corrected chi connectivity index (χ2v) is 12.4. The highest BCUT2D eigenvalue weighted by atomic mass is 35.5. The molecule has 0 radical (unpaired) electrons. The quantitative estimate of drug-likeness (QED) is 0.313. The number of nitrogens with zero attached hydrogens (tertiary/aromatic N) is 3. The minimum atomic E-state index is -1.25. The summed E-state index contributed by atoms with van der Waals surface area (Å²) in [4.78, 5) is 49.1. The summed E-state index contributed by atoms with van der Waals surface area (Å²) in [6.45, 7) is 12.4. The second kappa shape index (κ2) is 12.9. The molecule has 2 aromatic rings. The van der Waals surface area contributed by atoms with E-state index < -0.39 is 41.7 Å². The standard InChI is InChI=1S/C35H42ClN3O5/c1-5-20-37(21-6-2)31(41)28-29-32(42)39(27(23-40)24-12-10-9-11-13-24)30(35(29)19-18-34(28,8-4)44-35)33(43)38(22-7-3)26-16-14-25(36)15-17-26/h5,7,9-17,27-30,40H,1,3,6,8,18-23H2,2,4H3/t27-,28-,29+,30?,34+,35?/m1/s1. The van der Waals surface area contributed by atoms with Crippen molar-refractivity contribution in [1.29, 1.82) is 0 Å². The van der Waals surface area contributed by atoms with Crippen molar-refractivity contribution in [2.75, 3.05) is 31.1 Å². The van der Waals surface area contributed by atoms with Crippen LogP contribution in [-0.4, -0.2) is 76.1 Å². The summed E-state index contributed by atoms with van der Waals surface area (Å²) in [5.74, 6) is -2.49. The number of aliphatic hydroxyl groups is 1. The molecule has 234 valence electrons. The first-order valence-corrected chi connectivity index (χ1v) is 15.9. The number of fused-ring (bicyclic) bond motifs is 1. The van der Waals surface area contributed by atoms with E-state index in [1.807, 2.05) is 44.2 Å². The van der Waals surface area contributed by atoms with E-state index >= 15 is 0 Å². The van der Waals surface area contributed by atoms with Gasteiger partial charge in [0, 0.05) is 30.3 Å². The molecule has 3 aliphatic heterocycles. The number of aliphatic hydroxyl groups excluding tert-OH is 1. The van der Waals surface area contributed by atoms with E-state index in [2.05, 4.69) is 13.2 Å². The van der Waals surface area contributed by atoms with Crippen LogP contribution < -0.4 is 4.90 Å². The van der Waals surface area contributed by atoms with Crippen LogP contribution in [0.4, 0.5) is 5.69 Å². The number of likely N-dealkylation sites (tertiary alicyclic amines) is 1. The highest BCUT2D eigenvalue weighted by Gasteiger charge is 2.79. The van der Waals surface area contributed by atoms with Crippen LogP contribution in [0.1, 0.15) is 51.1 Å². The predicted molar refractivity (Wildman–Crippen MR) is 171 cm³/mol. The van der Waals surface area contributed by atoms with E-state index in [0.29, 0.717) is 48.6 Å². The van der Waals surface area contributed by atoms with Crippen molar-refractivity contribution < 1.29 is 24.2 Å². The fourth-order valence-electron chi connectivity index (χ4n) is 7.81. The van der Waals surface area contributed by atoms with Crippen molar-refractivity contribution in [3.05, 3.63) is 90.5 Å².